The van der Waals surface area contributed by atoms with E-state index < -0.39 is 0 Å². The Morgan fingerprint density at radius 3 is 2.86 bits per heavy atom. The van der Waals surface area contributed by atoms with Crippen LogP contribution in [0.4, 0.5) is 0 Å². The van der Waals surface area contributed by atoms with Crippen LogP contribution in [0.1, 0.15) is 19.8 Å². The lowest BCUT2D eigenvalue weighted by atomic mass is 10.1. The number of carbonyl (C=O) groups excluding carboxylic acids is 1. The summed E-state index contributed by atoms with van der Waals surface area (Å²) in [4.78, 5) is 13.6. The van der Waals surface area contributed by atoms with E-state index in [2.05, 4.69) is 16.6 Å². The summed E-state index contributed by atoms with van der Waals surface area (Å²) < 4.78 is 5.12. The normalized spacial score (nSPS) is 9.21. The maximum absolute atomic E-state index is 11.1. The Labute approximate surface area is 83.4 Å². The zero-order valence-corrected chi connectivity index (χ0v) is 8.40. The second kappa shape index (κ2) is 8.29. The summed E-state index contributed by atoms with van der Waals surface area (Å²) in [6.45, 7) is 6.51. The van der Waals surface area contributed by atoms with Crippen molar-refractivity contribution in [3.05, 3.63) is 22.6 Å². The topological polar surface area (TPSA) is 75.1 Å². The van der Waals surface area contributed by atoms with Gasteiger partial charge in [0.25, 0.3) is 0 Å². The number of hydrogen-bond donors (Lipinski definition) is 0. The number of Topliss-reactive ketones (excluding diaryl/α,β-unsaturated/α-hetero) is 1. The zero-order chi connectivity index (χ0) is 10.8. The fourth-order valence-electron chi connectivity index (χ4n) is 0.800. The van der Waals surface area contributed by atoms with Crippen LogP contribution in [0.25, 0.3) is 10.4 Å². The standard InChI is InChI=1S/C9H15N3O2/c1-8(2)9(13)4-3-6-14-7-5-11-12-10/h1,3-7H2,2H3. The zero-order valence-electron chi connectivity index (χ0n) is 8.40. The van der Waals surface area contributed by atoms with Crippen LogP contribution in [0.3, 0.4) is 0 Å². The molecule has 0 radical (unpaired) electrons. The van der Waals surface area contributed by atoms with E-state index in [1.807, 2.05) is 0 Å². The lowest BCUT2D eigenvalue weighted by Crippen LogP contribution is -2.03. The van der Waals surface area contributed by atoms with Gasteiger partial charge in [-0.15, -0.1) is 0 Å². The molecular formula is C9H15N3O2. The van der Waals surface area contributed by atoms with Crippen LogP contribution >= 0.6 is 0 Å². The molecule has 0 rings (SSSR count). The Hall–Kier alpha value is -1.32. The van der Waals surface area contributed by atoms with Gasteiger partial charge in [-0.25, -0.2) is 0 Å². The summed E-state index contributed by atoms with van der Waals surface area (Å²) in [6, 6.07) is 0. The summed E-state index contributed by atoms with van der Waals surface area (Å²) in [5, 5.41) is 3.31. The van der Waals surface area contributed by atoms with E-state index in [1.54, 1.807) is 6.92 Å². The van der Waals surface area contributed by atoms with Gasteiger partial charge >= 0.3 is 0 Å². The summed E-state index contributed by atoms with van der Waals surface area (Å²) in [6.07, 6.45) is 1.15. The molecule has 0 aliphatic rings. The molecule has 0 saturated carbocycles. The van der Waals surface area contributed by atoms with Crippen LogP contribution in [0.2, 0.25) is 0 Å². The molecule has 0 aliphatic heterocycles. The fraction of sp³-hybridized carbons (Fsp3) is 0.667. The molecule has 0 aromatic carbocycles. The van der Waals surface area contributed by atoms with Gasteiger partial charge in [0.1, 0.15) is 0 Å². The van der Waals surface area contributed by atoms with Crippen molar-refractivity contribution in [3.63, 3.8) is 0 Å². The Morgan fingerprint density at radius 2 is 2.29 bits per heavy atom. The van der Waals surface area contributed by atoms with Gasteiger partial charge in [0.05, 0.1) is 6.61 Å². The van der Waals surface area contributed by atoms with E-state index in [4.69, 9.17) is 10.3 Å². The van der Waals surface area contributed by atoms with Gasteiger partial charge in [-0.3, -0.25) is 4.79 Å². The summed E-state index contributed by atoms with van der Waals surface area (Å²) in [5.74, 6) is 0.0728. The predicted octanol–water partition coefficient (Wildman–Crippen LogP) is 2.24. The molecule has 0 amide bonds. The summed E-state index contributed by atoms with van der Waals surface area (Å²) >= 11 is 0. The quantitative estimate of drug-likeness (QED) is 0.197. The minimum atomic E-state index is 0.0728. The fourth-order valence-corrected chi connectivity index (χ4v) is 0.800. The van der Waals surface area contributed by atoms with Gasteiger partial charge in [0.15, 0.2) is 5.78 Å². The lowest BCUT2D eigenvalue weighted by Gasteiger charge is -2.01. The highest BCUT2D eigenvalue weighted by Crippen LogP contribution is 1.99. The molecule has 0 bridgehead atoms. The number of nitrogens with zero attached hydrogens (tertiary/aromatic N) is 3. The minimum Gasteiger partial charge on any atom is -0.381 e. The van der Waals surface area contributed by atoms with Gasteiger partial charge in [0, 0.05) is 24.5 Å². The first-order valence-corrected chi connectivity index (χ1v) is 4.45. The van der Waals surface area contributed by atoms with E-state index in [-0.39, 0.29) is 5.78 Å². The van der Waals surface area contributed by atoms with Crippen LogP contribution in [-0.2, 0) is 9.53 Å². The highest BCUT2D eigenvalue weighted by molar-refractivity contribution is 5.93. The van der Waals surface area contributed by atoms with Gasteiger partial charge in [-0.05, 0) is 24.4 Å². The Kier molecular flexibility index (Phi) is 7.50. The molecule has 0 heterocycles. The molecule has 0 unspecified atom stereocenters. The van der Waals surface area contributed by atoms with Gasteiger partial charge < -0.3 is 4.74 Å². The average Bonchev–Trinajstić information content (AvgIpc) is 2.16. The van der Waals surface area contributed by atoms with Crippen LogP contribution in [0, 0.1) is 0 Å². The number of hydrogen-bond acceptors (Lipinski definition) is 3. The summed E-state index contributed by atoms with van der Waals surface area (Å²) in [7, 11) is 0. The van der Waals surface area contributed by atoms with Crippen molar-refractivity contribution < 1.29 is 9.53 Å². The van der Waals surface area contributed by atoms with Crippen molar-refractivity contribution >= 4 is 5.78 Å². The van der Waals surface area contributed by atoms with Crippen LogP contribution in [0.5, 0.6) is 0 Å². The second-order valence-corrected chi connectivity index (χ2v) is 2.87. The second-order valence-electron chi connectivity index (χ2n) is 2.87. The third kappa shape index (κ3) is 7.34. The molecule has 14 heavy (non-hydrogen) atoms. The number of ether oxygens (including phenoxy) is 1. The predicted molar refractivity (Wildman–Crippen MR) is 53.9 cm³/mol. The molecule has 0 saturated heterocycles. The first-order valence-electron chi connectivity index (χ1n) is 4.45. The molecule has 5 heteroatoms. The maximum atomic E-state index is 11.1. The van der Waals surface area contributed by atoms with Gasteiger partial charge in [0.2, 0.25) is 0 Å². The molecular weight excluding hydrogens is 182 g/mol. The van der Waals surface area contributed by atoms with Crippen LogP contribution in [-0.4, -0.2) is 25.5 Å². The molecule has 78 valence electrons. The highest BCUT2D eigenvalue weighted by Gasteiger charge is 2.00. The SMILES string of the molecule is C=C(C)C(=O)CCCOCCN=[N+]=[N-]. The third-order valence-electron chi connectivity index (χ3n) is 1.57. The molecule has 0 aromatic heterocycles. The highest BCUT2D eigenvalue weighted by atomic mass is 16.5. The lowest BCUT2D eigenvalue weighted by molar-refractivity contribution is -0.115. The van der Waals surface area contributed by atoms with Crippen molar-refractivity contribution in [2.75, 3.05) is 19.8 Å². The summed E-state index contributed by atoms with van der Waals surface area (Å²) in [5.41, 5.74) is 8.53. The van der Waals surface area contributed by atoms with Crippen molar-refractivity contribution in [2.24, 2.45) is 5.11 Å². The minimum absolute atomic E-state index is 0.0728. The number of azide groups is 1. The molecule has 0 fully saturated rings. The number of ketones is 1. The van der Waals surface area contributed by atoms with Gasteiger partial charge in [-0.1, -0.05) is 11.7 Å². The number of allylic oxidation sites excluding steroid dienone is 1. The Bertz CT molecular complexity index is 244. The molecule has 0 spiro atoms. The van der Waals surface area contributed by atoms with Crippen LogP contribution < -0.4 is 0 Å². The van der Waals surface area contributed by atoms with Gasteiger partial charge in [-0.2, -0.15) is 0 Å². The van der Waals surface area contributed by atoms with Crippen molar-refractivity contribution in [1.82, 2.24) is 0 Å². The van der Waals surface area contributed by atoms with E-state index in [0.29, 0.717) is 38.2 Å². The maximum Gasteiger partial charge on any atom is 0.158 e. The molecule has 0 N–H and O–H groups in total. The number of carbonyl (C=O) groups is 1. The first kappa shape index (κ1) is 12.7. The van der Waals surface area contributed by atoms with E-state index in [0.717, 1.165) is 0 Å². The van der Waals surface area contributed by atoms with Crippen molar-refractivity contribution in [2.45, 2.75) is 19.8 Å². The Morgan fingerprint density at radius 1 is 1.57 bits per heavy atom. The van der Waals surface area contributed by atoms with E-state index in [9.17, 15) is 4.79 Å². The first-order chi connectivity index (χ1) is 6.68. The van der Waals surface area contributed by atoms with E-state index in [1.165, 1.54) is 0 Å². The largest absolute Gasteiger partial charge is 0.381 e. The third-order valence-corrected chi connectivity index (χ3v) is 1.57. The molecule has 0 aliphatic carbocycles. The monoisotopic (exact) mass is 197 g/mol. The molecule has 5 nitrogen and oxygen atoms in total. The van der Waals surface area contributed by atoms with Crippen LogP contribution in [0.15, 0.2) is 17.3 Å². The molecule has 0 atom stereocenters. The number of rotatable bonds is 8. The Balaban J connectivity index is 3.25. The van der Waals surface area contributed by atoms with E-state index >= 15 is 0 Å². The van der Waals surface area contributed by atoms with Crippen molar-refractivity contribution in [3.8, 4) is 0 Å². The average molecular weight is 197 g/mol. The van der Waals surface area contributed by atoms with Crippen molar-refractivity contribution in [1.29, 1.82) is 0 Å². The molecule has 0 aromatic rings. The smallest absolute Gasteiger partial charge is 0.158 e.